The Balaban J connectivity index is 2.23. The standard InChI is InChI=1S/C13H18FN3O3S/c1-10(18)16-5-2-6-17(8-7-16)21(19,20)11-3-4-13(15)12(14)9-11/h3-4,9H,2,5-8,15H2,1H3. The number of hydrogen-bond acceptors (Lipinski definition) is 4. The molecule has 21 heavy (non-hydrogen) atoms. The zero-order chi connectivity index (χ0) is 15.6. The van der Waals surface area contributed by atoms with Gasteiger partial charge in [-0.15, -0.1) is 0 Å². The van der Waals surface area contributed by atoms with Gasteiger partial charge < -0.3 is 10.6 Å². The third kappa shape index (κ3) is 3.33. The molecule has 0 spiro atoms. The number of hydrogen-bond donors (Lipinski definition) is 1. The fraction of sp³-hybridized carbons (Fsp3) is 0.462. The van der Waals surface area contributed by atoms with Gasteiger partial charge in [0.05, 0.1) is 10.6 Å². The molecule has 8 heteroatoms. The number of carbonyl (C=O) groups is 1. The summed E-state index contributed by atoms with van der Waals surface area (Å²) in [7, 11) is -3.77. The number of sulfonamides is 1. The molecule has 2 rings (SSSR count). The largest absolute Gasteiger partial charge is 0.396 e. The van der Waals surface area contributed by atoms with E-state index in [1.54, 1.807) is 4.90 Å². The van der Waals surface area contributed by atoms with Crippen LogP contribution < -0.4 is 5.73 Å². The van der Waals surface area contributed by atoms with Crippen LogP contribution in [-0.4, -0.2) is 49.7 Å². The van der Waals surface area contributed by atoms with Crippen LogP contribution >= 0.6 is 0 Å². The maximum Gasteiger partial charge on any atom is 0.243 e. The minimum absolute atomic E-state index is 0.0761. The lowest BCUT2D eigenvalue weighted by atomic mass is 10.3. The van der Waals surface area contributed by atoms with Gasteiger partial charge in [0, 0.05) is 33.1 Å². The molecule has 0 saturated carbocycles. The van der Waals surface area contributed by atoms with E-state index in [1.807, 2.05) is 0 Å². The third-order valence-corrected chi connectivity index (χ3v) is 5.40. The highest BCUT2D eigenvalue weighted by Crippen LogP contribution is 2.21. The molecule has 0 radical (unpaired) electrons. The van der Waals surface area contributed by atoms with Gasteiger partial charge in [0.1, 0.15) is 5.82 Å². The smallest absolute Gasteiger partial charge is 0.243 e. The van der Waals surface area contributed by atoms with Gasteiger partial charge in [-0.05, 0) is 24.6 Å². The molecule has 0 bridgehead atoms. The van der Waals surface area contributed by atoms with Crippen molar-refractivity contribution in [1.29, 1.82) is 0 Å². The summed E-state index contributed by atoms with van der Waals surface area (Å²) in [4.78, 5) is 12.8. The summed E-state index contributed by atoms with van der Waals surface area (Å²) in [6, 6.07) is 3.46. The zero-order valence-electron chi connectivity index (χ0n) is 11.8. The summed E-state index contributed by atoms with van der Waals surface area (Å²) in [6.45, 7) is 2.83. The summed E-state index contributed by atoms with van der Waals surface area (Å²) < 4.78 is 39.7. The van der Waals surface area contributed by atoms with Crippen LogP contribution in [0.15, 0.2) is 23.1 Å². The number of benzene rings is 1. The van der Waals surface area contributed by atoms with Gasteiger partial charge in [0.15, 0.2) is 0 Å². The topological polar surface area (TPSA) is 83.7 Å². The van der Waals surface area contributed by atoms with Crippen LogP contribution in [0.3, 0.4) is 0 Å². The van der Waals surface area contributed by atoms with Crippen molar-refractivity contribution in [2.75, 3.05) is 31.9 Å². The van der Waals surface area contributed by atoms with E-state index < -0.39 is 15.8 Å². The summed E-state index contributed by atoms with van der Waals surface area (Å²) >= 11 is 0. The SMILES string of the molecule is CC(=O)N1CCCN(S(=O)(=O)c2ccc(N)c(F)c2)CC1. The van der Waals surface area contributed by atoms with Crippen molar-refractivity contribution in [1.82, 2.24) is 9.21 Å². The number of nitrogen functional groups attached to an aromatic ring is 1. The molecule has 1 amide bonds. The second kappa shape index (κ2) is 5.98. The Bertz CT molecular complexity index is 648. The maximum atomic E-state index is 13.5. The Morgan fingerprint density at radius 1 is 1.24 bits per heavy atom. The minimum atomic E-state index is -3.77. The highest BCUT2D eigenvalue weighted by molar-refractivity contribution is 7.89. The molecule has 2 N–H and O–H groups in total. The monoisotopic (exact) mass is 315 g/mol. The van der Waals surface area contributed by atoms with E-state index in [0.717, 1.165) is 6.07 Å². The first-order chi connectivity index (χ1) is 9.82. The van der Waals surface area contributed by atoms with Crippen molar-refractivity contribution in [3.8, 4) is 0 Å². The van der Waals surface area contributed by atoms with Crippen LogP contribution in [0.1, 0.15) is 13.3 Å². The van der Waals surface area contributed by atoms with E-state index >= 15 is 0 Å². The lowest BCUT2D eigenvalue weighted by molar-refractivity contribution is -0.128. The zero-order valence-corrected chi connectivity index (χ0v) is 12.6. The number of nitrogens with two attached hydrogens (primary N) is 1. The van der Waals surface area contributed by atoms with Crippen LogP contribution in [0.25, 0.3) is 0 Å². The van der Waals surface area contributed by atoms with Gasteiger partial charge in [-0.2, -0.15) is 4.31 Å². The van der Waals surface area contributed by atoms with Crippen molar-refractivity contribution in [3.05, 3.63) is 24.0 Å². The molecule has 0 aromatic heterocycles. The lowest BCUT2D eigenvalue weighted by Crippen LogP contribution is -2.36. The number of anilines is 1. The number of rotatable bonds is 2. The molecule has 116 valence electrons. The molecule has 1 aliphatic heterocycles. The molecular formula is C13H18FN3O3S. The van der Waals surface area contributed by atoms with Crippen LogP contribution in [0.2, 0.25) is 0 Å². The average Bonchev–Trinajstić information content (AvgIpc) is 2.68. The predicted octanol–water partition coefficient (Wildman–Crippen LogP) is 0.651. The van der Waals surface area contributed by atoms with E-state index in [2.05, 4.69) is 0 Å². The van der Waals surface area contributed by atoms with Crippen molar-refractivity contribution < 1.29 is 17.6 Å². The van der Waals surface area contributed by atoms with E-state index in [-0.39, 0.29) is 23.0 Å². The van der Waals surface area contributed by atoms with E-state index in [9.17, 15) is 17.6 Å². The predicted molar refractivity (Wildman–Crippen MR) is 76.4 cm³/mol. The average molecular weight is 315 g/mol. The Morgan fingerprint density at radius 2 is 1.95 bits per heavy atom. The Labute approximate surface area is 123 Å². The highest BCUT2D eigenvalue weighted by Gasteiger charge is 2.28. The molecule has 1 aromatic rings. The molecule has 1 aromatic carbocycles. The normalized spacial score (nSPS) is 17.5. The molecule has 1 fully saturated rings. The van der Waals surface area contributed by atoms with Gasteiger partial charge in [-0.25, -0.2) is 12.8 Å². The van der Waals surface area contributed by atoms with Crippen LogP contribution in [-0.2, 0) is 14.8 Å². The Morgan fingerprint density at radius 3 is 2.57 bits per heavy atom. The molecule has 0 aliphatic carbocycles. The minimum Gasteiger partial charge on any atom is -0.396 e. The van der Waals surface area contributed by atoms with Gasteiger partial charge >= 0.3 is 0 Å². The summed E-state index contributed by atoms with van der Waals surface area (Å²) in [5.74, 6) is -0.830. The van der Waals surface area contributed by atoms with Crippen LogP contribution in [0.4, 0.5) is 10.1 Å². The van der Waals surface area contributed by atoms with Crippen molar-refractivity contribution in [3.63, 3.8) is 0 Å². The fourth-order valence-electron chi connectivity index (χ4n) is 2.27. The van der Waals surface area contributed by atoms with Crippen LogP contribution in [0, 0.1) is 5.82 Å². The van der Waals surface area contributed by atoms with Gasteiger partial charge in [-0.1, -0.05) is 0 Å². The molecule has 0 atom stereocenters. The summed E-state index contributed by atoms with van der Waals surface area (Å²) in [5.41, 5.74) is 5.27. The van der Waals surface area contributed by atoms with Gasteiger partial charge in [0.25, 0.3) is 0 Å². The number of nitrogens with zero attached hydrogens (tertiary/aromatic N) is 2. The second-order valence-electron chi connectivity index (χ2n) is 4.95. The Kier molecular flexibility index (Phi) is 4.48. The molecule has 1 heterocycles. The first-order valence-electron chi connectivity index (χ1n) is 6.63. The summed E-state index contributed by atoms with van der Waals surface area (Å²) in [6.07, 6.45) is 0.552. The second-order valence-corrected chi connectivity index (χ2v) is 6.88. The summed E-state index contributed by atoms with van der Waals surface area (Å²) in [5, 5.41) is 0. The number of halogens is 1. The Hall–Kier alpha value is -1.67. The fourth-order valence-corrected chi connectivity index (χ4v) is 3.75. The maximum absolute atomic E-state index is 13.5. The van der Waals surface area contributed by atoms with Crippen molar-refractivity contribution in [2.24, 2.45) is 0 Å². The van der Waals surface area contributed by atoms with E-state index in [4.69, 9.17) is 5.73 Å². The molecule has 0 unspecified atom stereocenters. The quantitative estimate of drug-likeness (QED) is 0.812. The molecule has 1 aliphatic rings. The first kappa shape index (κ1) is 15.7. The molecular weight excluding hydrogens is 297 g/mol. The first-order valence-corrected chi connectivity index (χ1v) is 8.07. The highest BCUT2D eigenvalue weighted by atomic mass is 32.2. The number of carbonyl (C=O) groups excluding carboxylic acids is 1. The third-order valence-electron chi connectivity index (χ3n) is 3.51. The number of amides is 1. The van der Waals surface area contributed by atoms with Gasteiger partial charge in [-0.3, -0.25) is 4.79 Å². The molecule has 1 saturated heterocycles. The van der Waals surface area contributed by atoms with E-state index in [1.165, 1.54) is 23.4 Å². The lowest BCUT2D eigenvalue weighted by Gasteiger charge is -2.21. The van der Waals surface area contributed by atoms with Crippen molar-refractivity contribution in [2.45, 2.75) is 18.2 Å². The van der Waals surface area contributed by atoms with Crippen LogP contribution in [0.5, 0.6) is 0 Å². The molecule has 6 nitrogen and oxygen atoms in total. The van der Waals surface area contributed by atoms with Crippen molar-refractivity contribution >= 4 is 21.6 Å². The van der Waals surface area contributed by atoms with Gasteiger partial charge in [0.2, 0.25) is 15.9 Å². The van der Waals surface area contributed by atoms with E-state index in [0.29, 0.717) is 26.1 Å².